The van der Waals surface area contributed by atoms with E-state index in [0.717, 1.165) is 17.0 Å². The predicted octanol–water partition coefficient (Wildman–Crippen LogP) is 4.56. The Labute approximate surface area is 120 Å². The average Bonchev–Trinajstić information content (AvgIpc) is 3.18. The lowest BCUT2D eigenvalue weighted by Crippen LogP contribution is -1.90. The summed E-state index contributed by atoms with van der Waals surface area (Å²) in [5, 5.41) is 2.10. The fourth-order valence-electron chi connectivity index (χ4n) is 2.38. The molecule has 0 saturated carbocycles. The zero-order valence-electron chi connectivity index (χ0n) is 10.9. The van der Waals surface area contributed by atoms with Gasteiger partial charge in [0.15, 0.2) is 5.76 Å². The number of hydrogen-bond acceptors (Lipinski definition) is 3. The first-order valence-corrected chi connectivity index (χ1v) is 7.25. The second-order valence-electron chi connectivity index (χ2n) is 4.65. The molecule has 0 fully saturated rings. The van der Waals surface area contributed by atoms with E-state index in [2.05, 4.69) is 27.1 Å². The lowest BCUT2D eigenvalue weighted by Gasteiger charge is -1.99. The minimum Gasteiger partial charge on any atom is -0.435 e. The number of aromatic nitrogens is 2. The van der Waals surface area contributed by atoms with Crippen molar-refractivity contribution in [2.45, 2.75) is 0 Å². The summed E-state index contributed by atoms with van der Waals surface area (Å²) in [6, 6.07) is 14.3. The van der Waals surface area contributed by atoms with Crippen LogP contribution in [0.5, 0.6) is 0 Å². The van der Waals surface area contributed by atoms with E-state index in [0.29, 0.717) is 5.89 Å². The van der Waals surface area contributed by atoms with Gasteiger partial charge in [-0.15, -0.1) is 11.3 Å². The number of fused-ring (bicyclic) bond motifs is 1. The van der Waals surface area contributed by atoms with E-state index in [1.54, 1.807) is 17.5 Å². The molecule has 0 bridgehead atoms. The average molecular weight is 280 g/mol. The minimum atomic E-state index is 0.662. The van der Waals surface area contributed by atoms with Crippen LogP contribution in [-0.4, -0.2) is 9.55 Å². The van der Waals surface area contributed by atoms with E-state index < -0.39 is 0 Å². The summed E-state index contributed by atoms with van der Waals surface area (Å²) in [6.07, 6.45) is 1.78. The summed E-state index contributed by atoms with van der Waals surface area (Å²) in [7, 11) is 2.04. The molecule has 0 aliphatic heterocycles. The molecule has 4 rings (SSSR count). The third-order valence-electron chi connectivity index (χ3n) is 3.45. The van der Waals surface area contributed by atoms with Crippen molar-refractivity contribution in [3.63, 3.8) is 0 Å². The summed E-state index contributed by atoms with van der Waals surface area (Å²) >= 11 is 1.73. The number of hydrogen-bond donors (Lipinski definition) is 0. The summed E-state index contributed by atoms with van der Waals surface area (Å²) in [6.45, 7) is 0. The molecule has 3 nitrogen and oxygen atoms in total. The number of benzene rings is 1. The van der Waals surface area contributed by atoms with Crippen molar-refractivity contribution in [2.24, 2.45) is 7.05 Å². The molecule has 1 aromatic carbocycles. The summed E-state index contributed by atoms with van der Waals surface area (Å²) in [4.78, 5) is 4.42. The van der Waals surface area contributed by atoms with Gasteiger partial charge in [0, 0.05) is 12.6 Å². The molecule has 20 heavy (non-hydrogen) atoms. The van der Waals surface area contributed by atoms with Gasteiger partial charge in [0.1, 0.15) is 5.69 Å². The number of thiophene rings is 1. The van der Waals surface area contributed by atoms with Gasteiger partial charge in [0.2, 0.25) is 5.89 Å². The van der Waals surface area contributed by atoms with Crippen molar-refractivity contribution in [2.75, 3.05) is 0 Å². The fraction of sp³-hybridized carbons (Fsp3) is 0.0625. The van der Waals surface area contributed by atoms with Gasteiger partial charge in [-0.1, -0.05) is 30.3 Å². The Kier molecular flexibility index (Phi) is 2.50. The Morgan fingerprint density at radius 3 is 2.80 bits per heavy atom. The number of aryl methyl sites for hydroxylation is 1. The minimum absolute atomic E-state index is 0.662. The third-order valence-corrected chi connectivity index (χ3v) is 4.30. The second-order valence-corrected chi connectivity index (χ2v) is 5.60. The Balaban J connectivity index is 1.82. The van der Waals surface area contributed by atoms with Gasteiger partial charge < -0.3 is 8.98 Å². The zero-order valence-corrected chi connectivity index (χ0v) is 11.7. The largest absolute Gasteiger partial charge is 0.435 e. The van der Waals surface area contributed by atoms with Gasteiger partial charge >= 0.3 is 0 Å². The van der Waals surface area contributed by atoms with Crippen LogP contribution in [0.4, 0.5) is 0 Å². The van der Waals surface area contributed by atoms with E-state index in [1.807, 2.05) is 37.4 Å². The first-order valence-electron chi connectivity index (χ1n) is 6.37. The third kappa shape index (κ3) is 1.69. The molecular weight excluding hydrogens is 268 g/mol. The summed E-state index contributed by atoms with van der Waals surface area (Å²) < 4.78 is 9.28. The molecule has 0 radical (unpaired) electrons. The molecule has 4 aromatic rings. The van der Waals surface area contributed by atoms with Crippen LogP contribution in [0.25, 0.3) is 33.1 Å². The highest BCUT2D eigenvalue weighted by atomic mass is 32.1. The number of oxazole rings is 1. The van der Waals surface area contributed by atoms with Gasteiger partial charge in [0.05, 0.1) is 16.4 Å². The first-order chi connectivity index (χ1) is 9.83. The fourth-order valence-corrected chi connectivity index (χ4v) is 3.23. The van der Waals surface area contributed by atoms with Crippen LogP contribution in [0.2, 0.25) is 0 Å². The highest BCUT2D eigenvalue weighted by Crippen LogP contribution is 2.31. The van der Waals surface area contributed by atoms with E-state index in [4.69, 9.17) is 4.42 Å². The van der Waals surface area contributed by atoms with Crippen LogP contribution in [0.3, 0.4) is 0 Å². The van der Waals surface area contributed by atoms with Crippen LogP contribution in [-0.2, 0) is 7.05 Å². The molecule has 98 valence electrons. The van der Waals surface area contributed by atoms with Crippen molar-refractivity contribution >= 4 is 21.6 Å². The molecule has 0 aliphatic rings. The monoisotopic (exact) mass is 280 g/mol. The molecule has 0 unspecified atom stereocenters. The standard InChI is InChI=1S/C16H12N2OS/c1-18-12-7-8-20-15(12)9-13(18)16-17-10-14(19-16)11-5-3-2-4-6-11/h2-10H,1H3. The van der Waals surface area contributed by atoms with E-state index >= 15 is 0 Å². The van der Waals surface area contributed by atoms with Gasteiger partial charge in [-0.25, -0.2) is 4.98 Å². The Morgan fingerprint density at radius 1 is 1.15 bits per heavy atom. The smallest absolute Gasteiger partial charge is 0.243 e. The molecular formula is C16H12N2OS. The summed E-state index contributed by atoms with van der Waals surface area (Å²) in [5.41, 5.74) is 3.26. The number of nitrogens with zero attached hydrogens (tertiary/aromatic N) is 2. The van der Waals surface area contributed by atoms with Crippen LogP contribution in [0.15, 0.2) is 58.5 Å². The predicted molar refractivity (Wildman–Crippen MR) is 81.7 cm³/mol. The topological polar surface area (TPSA) is 31.0 Å². The maximum atomic E-state index is 5.91. The lowest BCUT2D eigenvalue weighted by molar-refractivity contribution is 0.583. The van der Waals surface area contributed by atoms with Crippen LogP contribution >= 0.6 is 11.3 Å². The molecule has 4 heteroatoms. The van der Waals surface area contributed by atoms with Crippen LogP contribution in [0.1, 0.15) is 0 Å². The Bertz CT molecular complexity index is 870. The van der Waals surface area contributed by atoms with Gasteiger partial charge in [-0.05, 0) is 17.5 Å². The maximum Gasteiger partial charge on any atom is 0.243 e. The second kappa shape index (κ2) is 4.35. The maximum absolute atomic E-state index is 5.91. The number of rotatable bonds is 2. The van der Waals surface area contributed by atoms with Crippen molar-refractivity contribution in [1.82, 2.24) is 9.55 Å². The molecule has 0 atom stereocenters. The van der Waals surface area contributed by atoms with Crippen molar-refractivity contribution in [1.29, 1.82) is 0 Å². The Morgan fingerprint density at radius 2 is 2.00 bits per heavy atom. The van der Waals surface area contributed by atoms with Gasteiger partial charge in [-0.2, -0.15) is 0 Å². The molecule has 0 amide bonds. The van der Waals surface area contributed by atoms with Crippen LogP contribution < -0.4 is 0 Å². The Hall–Kier alpha value is -2.33. The zero-order chi connectivity index (χ0) is 13.5. The van der Waals surface area contributed by atoms with Gasteiger partial charge in [0.25, 0.3) is 0 Å². The van der Waals surface area contributed by atoms with Crippen LogP contribution in [0, 0.1) is 0 Å². The molecule has 0 saturated heterocycles. The SMILES string of the molecule is Cn1c(-c2ncc(-c3ccccc3)o2)cc2sccc21. The molecule has 0 spiro atoms. The molecule has 3 aromatic heterocycles. The first kappa shape index (κ1) is 11.5. The van der Waals surface area contributed by atoms with Crippen molar-refractivity contribution in [3.05, 3.63) is 54.0 Å². The van der Waals surface area contributed by atoms with Gasteiger partial charge in [-0.3, -0.25) is 0 Å². The molecule has 0 aliphatic carbocycles. The molecule has 3 heterocycles. The highest BCUT2D eigenvalue weighted by Gasteiger charge is 2.14. The lowest BCUT2D eigenvalue weighted by atomic mass is 10.2. The normalized spacial score (nSPS) is 11.2. The van der Waals surface area contributed by atoms with E-state index in [-0.39, 0.29) is 0 Å². The van der Waals surface area contributed by atoms with E-state index in [1.165, 1.54) is 10.2 Å². The van der Waals surface area contributed by atoms with E-state index in [9.17, 15) is 0 Å². The summed E-state index contributed by atoms with van der Waals surface area (Å²) in [5.74, 6) is 1.46. The molecule has 0 N–H and O–H groups in total. The quantitative estimate of drug-likeness (QED) is 0.539. The highest BCUT2D eigenvalue weighted by molar-refractivity contribution is 7.17. The van der Waals surface area contributed by atoms with Crippen molar-refractivity contribution in [3.8, 4) is 22.9 Å². The van der Waals surface area contributed by atoms with Crippen molar-refractivity contribution < 1.29 is 4.42 Å².